The number of likely N-dealkylation sites (N-methyl/N-ethyl adjacent to an activating group) is 1. The first-order chi connectivity index (χ1) is 7.18. The predicted molar refractivity (Wildman–Crippen MR) is 59.1 cm³/mol. The van der Waals surface area contributed by atoms with Gasteiger partial charge in [-0.05, 0) is 18.6 Å². The molecule has 0 N–H and O–H groups in total. The van der Waals surface area contributed by atoms with Crippen molar-refractivity contribution in [2.75, 3.05) is 20.1 Å². The Labute approximate surface area is 91.3 Å². The van der Waals surface area contributed by atoms with Gasteiger partial charge in [0.2, 0.25) is 0 Å². The van der Waals surface area contributed by atoms with Crippen molar-refractivity contribution in [1.82, 2.24) is 0 Å². The quantitative estimate of drug-likeness (QED) is 0.511. The van der Waals surface area contributed by atoms with Crippen LogP contribution in [0.2, 0.25) is 0 Å². The van der Waals surface area contributed by atoms with Crippen molar-refractivity contribution >= 4 is 0 Å². The summed E-state index contributed by atoms with van der Waals surface area (Å²) in [7, 11) is 2.27. The minimum absolute atomic E-state index is 1.08. The first-order valence-electron chi connectivity index (χ1n) is 4.85. The lowest BCUT2D eigenvalue weighted by molar-refractivity contribution is -0.854. The van der Waals surface area contributed by atoms with E-state index in [9.17, 15) is 0 Å². The molecular weight excluding hydrogens is 188 g/mol. The van der Waals surface area contributed by atoms with Crippen molar-refractivity contribution in [2.45, 2.75) is 13.3 Å². The number of allylic oxidation sites excluding steroid dienone is 2. The van der Waals surface area contributed by atoms with E-state index >= 15 is 0 Å². The fraction of sp³-hybridized carbons (Fsp3) is 0.455. The van der Waals surface area contributed by atoms with Crippen molar-refractivity contribution in [3.8, 4) is 12.4 Å². The molecule has 0 aromatic carbocycles. The molecular formula is C11H16N4. The van der Waals surface area contributed by atoms with Gasteiger partial charge in [-0.2, -0.15) is 0 Å². The van der Waals surface area contributed by atoms with Crippen molar-refractivity contribution < 1.29 is 4.48 Å². The summed E-state index contributed by atoms with van der Waals surface area (Å²) in [4.78, 5) is 0. The molecule has 0 spiro atoms. The van der Waals surface area contributed by atoms with E-state index in [1.807, 2.05) is 0 Å². The van der Waals surface area contributed by atoms with Crippen LogP contribution < -0.4 is 0 Å². The maximum Gasteiger partial charge on any atom is 0.102 e. The number of nitriles is 2. The molecule has 0 aromatic heterocycles. The van der Waals surface area contributed by atoms with Crippen molar-refractivity contribution in [3.63, 3.8) is 0 Å². The zero-order valence-electron chi connectivity index (χ0n) is 9.22. The molecule has 4 heteroatoms. The van der Waals surface area contributed by atoms with E-state index in [2.05, 4.69) is 43.7 Å². The maximum absolute atomic E-state index is 7.43. The van der Waals surface area contributed by atoms with Gasteiger partial charge in [0, 0.05) is 12.4 Å². The van der Waals surface area contributed by atoms with Crippen molar-refractivity contribution in [2.24, 2.45) is 0 Å². The van der Waals surface area contributed by atoms with Crippen LogP contribution in [-0.2, 0) is 0 Å². The summed E-state index contributed by atoms with van der Waals surface area (Å²) >= 11 is 0. The van der Waals surface area contributed by atoms with E-state index in [4.69, 9.17) is 10.5 Å². The molecule has 1 atom stereocenters. The highest BCUT2D eigenvalue weighted by Crippen LogP contribution is 2.09. The number of nitrogens with zero attached hydrogens (tertiary/aromatic N) is 4. The normalized spacial score (nSPS) is 21.9. The molecule has 1 aliphatic heterocycles. The molecule has 1 unspecified atom stereocenters. The van der Waals surface area contributed by atoms with Crippen LogP contribution in [-0.4, -0.2) is 24.6 Å². The molecule has 1 heterocycles. The summed E-state index contributed by atoms with van der Waals surface area (Å²) in [5, 5.41) is 17.4. The molecule has 0 radical (unpaired) electrons. The minimum Gasteiger partial charge on any atom is -0.385 e. The lowest BCUT2D eigenvalue weighted by Gasteiger charge is -2.29. The Balaban J connectivity index is 0.000000336. The van der Waals surface area contributed by atoms with Crippen LogP contribution in [0.3, 0.4) is 0 Å². The van der Waals surface area contributed by atoms with Gasteiger partial charge in [-0.15, -0.1) is 0 Å². The summed E-state index contributed by atoms with van der Waals surface area (Å²) in [6.07, 6.45) is 12.6. The fourth-order valence-corrected chi connectivity index (χ4v) is 1.40. The van der Waals surface area contributed by atoms with E-state index in [0.29, 0.717) is 0 Å². The topological polar surface area (TPSA) is 61.7 Å². The smallest absolute Gasteiger partial charge is 0.102 e. The monoisotopic (exact) mass is 204 g/mol. The van der Waals surface area contributed by atoms with E-state index in [0.717, 1.165) is 11.0 Å². The summed E-state index contributed by atoms with van der Waals surface area (Å²) in [5.41, 5.74) is 0. The van der Waals surface area contributed by atoms with Gasteiger partial charge >= 0.3 is 0 Å². The average molecular weight is 204 g/mol. The summed E-state index contributed by atoms with van der Waals surface area (Å²) in [6.45, 7) is 4.64. The Kier molecular flexibility index (Phi) is 6.70. The van der Waals surface area contributed by atoms with E-state index in [-0.39, 0.29) is 0 Å². The van der Waals surface area contributed by atoms with Gasteiger partial charge in [0.1, 0.15) is 6.54 Å². The standard InChI is InChI=1S/C9H16N.C2N3/c1-3-7-10(2)8-5-4-6-9-10;3-1-5-2-4/h4-6,8H,3,7,9H2,1-2H3;/q+1;-1. The third-order valence-electron chi connectivity index (χ3n) is 2.05. The van der Waals surface area contributed by atoms with Gasteiger partial charge in [-0.3, -0.25) is 9.80 Å². The largest absolute Gasteiger partial charge is 0.385 e. The molecule has 0 bridgehead atoms. The van der Waals surface area contributed by atoms with Gasteiger partial charge < -0.3 is 10.5 Å². The number of hydrogen-bond donors (Lipinski definition) is 0. The lowest BCUT2D eigenvalue weighted by atomic mass is 10.3. The van der Waals surface area contributed by atoms with Gasteiger partial charge in [0.25, 0.3) is 0 Å². The van der Waals surface area contributed by atoms with Crippen LogP contribution >= 0.6 is 0 Å². The van der Waals surface area contributed by atoms with Crippen molar-refractivity contribution in [1.29, 1.82) is 10.5 Å². The van der Waals surface area contributed by atoms with Gasteiger partial charge in [-0.25, -0.2) is 0 Å². The minimum atomic E-state index is 1.08. The highest BCUT2D eigenvalue weighted by Gasteiger charge is 2.15. The first kappa shape index (κ1) is 13.2. The molecule has 80 valence electrons. The van der Waals surface area contributed by atoms with Crippen LogP contribution in [0, 0.1) is 22.9 Å². The third kappa shape index (κ3) is 6.31. The van der Waals surface area contributed by atoms with Crippen LogP contribution in [0.5, 0.6) is 0 Å². The number of quaternary nitrogens is 1. The maximum atomic E-state index is 7.43. The zero-order valence-corrected chi connectivity index (χ0v) is 9.22. The van der Waals surface area contributed by atoms with E-state index in [1.165, 1.54) is 25.4 Å². The molecule has 0 saturated carbocycles. The summed E-state index contributed by atoms with van der Waals surface area (Å²) in [6, 6.07) is 0. The second-order valence-corrected chi connectivity index (χ2v) is 3.47. The van der Waals surface area contributed by atoms with Crippen LogP contribution in [0.25, 0.3) is 5.32 Å². The molecule has 0 amide bonds. The fourth-order valence-electron chi connectivity index (χ4n) is 1.40. The Bertz CT molecular complexity index is 294. The second-order valence-electron chi connectivity index (χ2n) is 3.47. The molecule has 0 aliphatic carbocycles. The Morgan fingerprint density at radius 3 is 2.33 bits per heavy atom. The van der Waals surface area contributed by atoms with Crippen LogP contribution in [0.15, 0.2) is 24.4 Å². The average Bonchev–Trinajstić information content (AvgIpc) is 2.21. The van der Waals surface area contributed by atoms with E-state index < -0.39 is 0 Å². The predicted octanol–water partition coefficient (Wildman–Crippen LogP) is 2.25. The molecule has 0 aromatic rings. The van der Waals surface area contributed by atoms with Gasteiger partial charge in [-0.1, -0.05) is 13.0 Å². The first-order valence-corrected chi connectivity index (χ1v) is 4.85. The number of rotatable bonds is 2. The molecule has 15 heavy (non-hydrogen) atoms. The Morgan fingerprint density at radius 1 is 1.33 bits per heavy atom. The molecule has 1 aliphatic rings. The molecule has 0 saturated heterocycles. The third-order valence-corrected chi connectivity index (χ3v) is 2.05. The van der Waals surface area contributed by atoms with E-state index in [1.54, 1.807) is 0 Å². The van der Waals surface area contributed by atoms with Crippen LogP contribution in [0.1, 0.15) is 13.3 Å². The summed E-state index contributed by atoms with van der Waals surface area (Å²) < 4.78 is 1.08. The van der Waals surface area contributed by atoms with Crippen LogP contribution in [0.4, 0.5) is 0 Å². The molecule has 4 nitrogen and oxygen atoms in total. The summed E-state index contributed by atoms with van der Waals surface area (Å²) in [5.74, 6) is 0. The number of hydrogen-bond acceptors (Lipinski definition) is 2. The highest BCUT2D eigenvalue weighted by molar-refractivity contribution is 5.12. The van der Waals surface area contributed by atoms with Crippen molar-refractivity contribution in [3.05, 3.63) is 29.7 Å². The highest BCUT2D eigenvalue weighted by atomic mass is 15.3. The zero-order chi connectivity index (χ0) is 11.6. The SMILES string of the molecule is CCC[N+]1(C)C=CC=CC1.N#C[N-]C#N. The van der Waals surface area contributed by atoms with Gasteiger partial charge in [0.05, 0.1) is 19.8 Å². The molecule has 0 fully saturated rings. The Hall–Kier alpha value is -1.78. The molecule has 1 rings (SSSR count). The van der Waals surface area contributed by atoms with Gasteiger partial charge in [0.15, 0.2) is 0 Å². The Morgan fingerprint density at radius 2 is 2.00 bits per heavy atom. The lowest BCUT2D eigenvalue weighted by Crippen LogP contribution is -2.39. The second kappa shape index (κ2) is 7.61.